The molecule has 4 heteroatoms. The molecule has 0 aliphatic rings. The standard InChI is InChI=1S/C11H9BrINO/c12-10-4-5-15-11(10)7-14-9-3-1-2-8(13)6-9/h1-6,14H,7H2. The first kappa shape index (κ1) is 11.0. The normalized spacial score (nSPS) is 10.3. The first-order valence-electron chi connectivity index (χ1n) is 4.47. The van der Waals surface area contributed by atoms with Crippen molar-refractivity contribution >= 4 is 44.2 Å². The van der Waals surface area contributed by atoms with Crippen molar-refractivity contribution < 1.29 is 4.42 Å². The van der Waals surface area contributed by atoms with E-state index in [-0.39, 0.29) is 0 Å². The Labute approximate surface area is 110 Å². The van der Waals surface area contributed by atoms with Crippen LogP contribution in [0.15, 0.2) is 45.5 Å². The molecule has 0 atom stereocenters. The molecule has 2 rings (SSSR count). The Balaban J connectivity index is 2.02. The summed E-state index contributed by atoms with van der Waals surface area (Å²) in [5, 5.41) is 3.30. The molecular formula is C11H9BrINO. The minimum Gasteiger partial charge on any atom is -0.466 e. The third kappa shape index (κ3) is 2.98. The van der Waals surface area contributed by atoms with Crippen molar-refractivity contribution in [3.8, 4) is 0 Å². The van der Waals surface area contributed by atoms with E-state index in [1.807, 2.05) is 18.2 Å². The molecule has 0 saturated heterocycles. The minimum atomic E-state index is 0.688. The summed E-state index contributed by atoms with van der Waals surface area (Å²) in [6, 6.07) is 10.1. The SMILES string of the molecule is Brc1ccoc1CNc1cccc(I)c1. The van der Waals surface area contributed by atoms with Crippen LogP contribution in [0.2, 0.25) is 0 Å². The second-order valence-electron chi connectivity index (χ2n) is 3.06. The van der Waals surface area contributed by atoms with E-state index < -0.39 is 0 Å². The second-order valence-corrected chi connectivity index (χ2v) is 5.16. The van der Waals surface area contributed by atoms with E-state index >= 15 is 0 Å². The molecule has 1 aromatic heterocycles. The fraction of sp³-hybridized carbons (Fsp3) is 0.0909. The molecule has 1 N–H and O–H groups in total. The third-order valence-corrected chi connectivity index (χ3v) is 3.35. The molecule has 0 fully saturated rings. The van der Waals surface area contributed by atoms with Crippen LogP contribution in [0, 0.1) is 3.57 Å². The smallest absolute Gasteiger partial charge is 0.136 e. The first-order chi connectivity index (χ1) is 7.25. The van der Waals surface area contributed by atoms with E-state index in [1.165, 1.54) is 3.57 Å². The molecule has 78 valence electrons. The zero-order valence-corrected chi connectivity index (χ0v) is 11.6. The number of halogens is 2. The highest BCUT2D eigenvalue weighted by Crippen LogP contribution is 2.19. The van der Waals surface area contributed by atoms with Gasteiger partial charge in [-0.1, -0.05) is 6.07 Å². The van der Waals surface area contributed by atoms with Gasteiger partial charge in [-0.2, -0.15) is 0 Å². The first-order valence-corrected chi connectivity index (χ1v) is 6.34. The van der Waals surface area contributed by atoms with Crippen LogP contribution in [0.1, 0.15) is 5.76 Å². The molecule has 0 bridgehead atoms. The maximum Gasteiger partial charge on any atom is 0.136 e. The monoisotopic (exact) mass is 377 g/mol. The van der Waals surface area contributed by atoms with Gasteiger partial charge in [0.15, 0.2) is 0 Å². The predicted molar refractivity (Wildman–Crippen MR) is 72.9 cm³/mol. The molecular weight excluding hydrogens is 369 g/mol. The maximum absolute atomic E-state index is 5.30. The molecule has 2 nitrogen and oxygen atoms in total. The summed E-state index contributed by atoms with van der Waals surface area (Å²) >= 11 is 5.71. The maximum atomic E-state index is 5.30. The minimum absolute atomic E-state index is 0.688. The van der Waals surface area contributed by atoms with Crippen molar-refractivity contribution in [2.45, 2.75) is 6.54 Å². The van der Waals surface area contributed by atoms with Crippen molar-refractivity contribution in [2.24, 2.45) is 0 Å². The Bertz CT molecular complexity index is 455. The van der Waals surface area contributed by atoms with Crippen LogP contribution in [0.5, 0.6) is 0 Å². The number of benzene rings is 1. The van der Waals surface area contributed by atoms with E-state index in [2.05, 4.69) is 56.0 Å². The molecule has 2 aromatic rings. The van der Waals surface area contributed by atoms with Gasteiger partial charge in [0.1, 0.15) is 5.76 Å². The lowest BCUT2D eigenvalue weighted by atomic mass is 10.3. The van der Waals surface area contributed by atoms with E-state index in [0.29, 0.717) is 6.54 Å². The Hall–Kier alpha value is -0.490. The summed E-state index contributed by atoms with van der Waals surface area (Å²) < 4.78 is 7.52. The second kappa shape index (κ2) is 5.03. The van der Waals surface area contributed by atoms with Crippen LogP contribution in [-0.4, -0.2) is 0 Å². The van der Waals surface area contributed by atoms with Crippen molar-refractivity contribution in [3.05, 3.63) is 50.4 Å². The van der Waals surface area contributed by atoms with Crippen LogP contribution in [-0.2, 0) is 6.54 Å². The highest BCUT2D eigenvalue weighted by Gasteiger charge is 2.02. The Morgan fingerprint density at radius 3 is 2.87 bits per heavy atom. The molecule has 0 radical (unpaired) electrons. The third-order valence-electron chi connectivity index (χ3n) is 1.97. The van der Waals surface area contributed by atoms with Gasteiger partial charge in [0.25, 0.3) is 0 Å². The average molecular weight is 378 g/mol. The van der Waals surface area contributed by atoms with Crippen molar-refractivity contribution in [3.63, 3.8) is 0 Å². The highest BCUT2D eigenvalue weighted by atomic mass is 127. The van der Waals surface area contributed by atoms with Crippen LogP contribution in [0.3, 0.4) is 0 Å². The molecule has 0 aliphatic carbocycles. The molecule has 0 aliphatic heterocycles. The van der Waals surface area contributed by atoms with E-state index in [1.54, 1.807) is 6.26 Å². The number of hydrogen-bond acceptors (Lipinski definition) is 2. The van der Waals surface area contributed by atoms with Gasteiger partial charge in [-0.25, -0.2) is 0 Å². The lowest BCUT2D eigenvalue weighted by Gasteiger charge is -2.04. The van der Waals surface area contributed by atoms with Crippen LogP contribution >= 0.6 is 38.5 Å². The summed E-state index contributed by atoms with van der Waals surface area (Å²) in [5.41, 5.74) is 1.10. The van der Waals surface area contributed by atoms with Gasteiger partial charge in [-0.05, 0) is 62.8 Å². The highest BCUT2D eigenvalue weighted by molar-refractivity contribution is 14.1. The Morgan fingerprint density at radius 2 is 2.20 bits per heavy atom. The van der Waals surface area contributed by atoms with Gasteiger partial charge < -0.3 is 9.73 Å². The average Bonchev–Trinajstić information content (AvgIpc) is 2.61. The van der Waals surface area contributed by atoms with Gasteiger partial charge in [0.05, 0.1) is 17.3 Å². The van der Waals surface area contributed by atoms with Gasteiger partial charge in [0, 0.05) is 9.26 Å². The Morgan fingerprint density at radius 1 is 1.33 bits per heavy atom. The number of anilines is 1. The Kier molecular flexibility index (Phi) is 3.69. The number of rotatable bonds is 3. The molecule has 1 heterocycles. The van der Waals surface area contributed by atoms with E-state index in [9.17, 15) is 0 Å². The van der Waals surface area contributed by atoms with Crippen LogP contribution < -0.4 is 5.32 Å². The van der Waals surface area contributed by atoms with Crippen LogP contribution in [0.4, 0.5) is 5.69 Å². The fourth-order valence-corrected chi connectivity index (χ4v) is 2.12. The number of hydrogen-bond donors (Lipinski definition) is 1. The largest absolute Gasteiger partial charge is 0.466 e. The molecule has 0 saturated carbocycles. The summed E-state index contributed by atoms with van der Waals surface area (Å²) in [6.45, 7) is 0.688. The quantitative estimate of drug-likeness (QED) is 0.808. The summed E-state index contributed by atoms with van der Waals surface area (Å²) in [4.78, 5) is 0. The van der Waals surface area contributed by atoms with Crippen molar-refractivity contribution in [2.75, 3.05) is 5.32 Å². The number of furan rings is 1. The van der Waals surface area contributed by atoms with Gasteiger partial charge in [-0.15, -0.1) is 0 Å². The van der Waals surface area contributed by atoms with Gasteiger partial charge >= 0.3 is 0 Å². The molecule has 15 heavy (non-hydrogen) atoms. The summed E-state index contributed by atoms with van der Waals surface area (Å²) in [5.74, 6) is 0.911. The lowest BCUT2D eigenvalue weighted by molar-refractivity contribution is 0.516. The van der Waals surface area contributed by atoms with Crippen LogP contribution in [0.25, 0.3) is 0 Å². The van der Waals surface area contributed by atoms with E-state index in [0.717, 1.165) is 15.9 Å². The summed E-state index contributed by atoms with van der Waals surface area (Å²) in [6.07, 6.45) is 1.68. The van der Waals surface area contributed by atoms with Crippen molar-refractivity contribution in [1.29, 1.82) is 0 Å². The lowest BCUT2D eigenvalue weighted by Crippen LogP contribution is -1.98. The van der Waals surface area contributed by atoms with Gasteiger partial charge in [-0.3, -0.25) is 0 Å². The molecule has 1 aromatic carbocycles. The topological polar surface area (TPSA) is 25.2 Å². The zero-order chi connectivity index (χ0) is 10.7. The molecule has 0 spiro atoms. The molecule has 0 unspecified atom stereocenters. The van der Waals surface area contributed by atoms with Gasteiger partial charge in [0.2, 0.25) is 0 Å². The molecule has 0 amide bonds. The van der Waals surface area contributed by atoms with E-state index in [4.69, 9.17) is 4.42 Å². The fourth-order valence-electron chi connectivity index (χ4n) is 1.23. The zero-order valence-electron chi connectivity index (χ0n) is 7.84. The number of nitrogens with one attached hydrogen (secondary N) is 1. The summed E-state index contributed by atoms with van der Waals surface area (Å²) in [7, 11) is 0. The van der Waals surface area contributed by atoms with Crippen molar-refractivity contribution in [1.82, 2.24) is 0 Å². The predicted octanol–water partition coefficient (Wildman–Crippen LogP) is 4.26.